The number of nitrogens with one attached hydrogen (secondary N) is 1. The Bertz CT molecular complexity index is 377. The minimum atomic E-state index is -1.05. The van der Waals surface area contributed by atoms with Gasteiger partial charge in [-0.15, -0.1) is 0 Å². The first-order chi connectivity index (χ1) is 7.70. The van der Waals surface area contributed by atoms with Gasteiger partial charge in [0.1, 0.15) is 5.82 Å². The van der Waals surface area contributed by atoms with Crippen LogP contribution >= 0.6 is 0 Å². The fourth-order valence-corrected chi connectivity index (χ4v) is 1.83. The van der Waals surface area contributed by atoms with Crippen molar-refractivity contribution >= 4 is 11.8 Å². The summed E-state index contributed by atoms with van der Waals surface area (Å²) in [5.41, 5.74) is -0.0246. The smallest absolute Gasteiger partial charge is 0.356 e. The first kappa shape index (κ1) is 10.9. The van der Waals surface area contributed by atoms with E-state index in [9.17, 15) is 4.79 Å². The lowest BCUT2D eigenvalue weighted by atomic mass is 10.2. The molecular formula is C11H15N3O2. The summed E-state index contributed by atoms with van der Waals surface area (Å²) in [6.45, 7) is 3.10. The third-order valence-corrected chi connectivity index (χ3v) is 3.01. The number of carboxylic acids is 1. The summed E-state index contributed by atoms with van der Waals surface area (Å²) in [5.74, 6) is 1.18. The van der Waals surface area contributed by atoms with Crippen LogP contribution in [0.2, 0.25) is 0 Å². The quantitative estimate of drug-likeness (QED) is 0.790. The molecule has 2 rings (SSSR count). The van der Waals surface area contributed by atoms with Crippen LogP contribution in [0.5, 0.6) is 0 Å². The fourth-order valence-electron chi connectivity index (χ4n) is 1.83. The summed E-state index contributed by atoms with van der Waals surface area (Å²) in [4.78, 5) is 18.3. The highest BCUT2D eigenvalue weighted by atomic mass is 16.4. The van der Waals surface area contributed by atoms with Gasteiger partial charge in [0.2, 0.25) is 0 Å². The van der Waals surface area contributed by atoms with Gasteiger partial charge in [0.05, 0.1) is 12.4 Å². The minimum Gasteiger partial charge on any atom is -0.476 e. The molecule has 1 aromatic rings. The third kappa shape index (κ3) is 2.48. The molecule has 2 N–H and O–H groups in total. The van der Waals surface area contributed by atoms with Gasteiger partial charge in [-0.1, -0.05) is 13.3 Å². The van der Waals surface area contributed by atoms with E-state index in [0.29, 0.717) is 5.82 Å². The van der Waals surface area contributed by atoms with Crippen molar-refractivity contribution in [2.24, 2.45) is 11.8 Å². The van der Waals surface area contributed by atoms with Crippen molar-refractivity contribution in [3.05, 3.63) is 18.1 Å². The summed E-state index contributed by atoms with van der Waals surface area (Å²) < 4.78 is 0. The average Bonchev–Trinajstić information content (AvgIpc) is 3.05. The second kappa shape index (κ2) is 4.47. The number of nitrogens with zero attached hydrogens (tertiary/aromatic N) is 2. The maximum atomic E-state index is 10.5. The molecule has 1 saturated carbocycles. The summed E-state index contributed by atoms with van der Waals surface area (Å²) in [6, 6.07) is 0. The van der Waals surface area contributed by atoms with Crippen LogP contribution < -0.4 is 5.32 Å². The number of aromatic carboxylic acids is 1. The molecule has 86 valence electrons. The Morgan fingerprint density at radius 3 is 2.81 bits per heavy atom. The molecule has 0 aromatic carbocycles. The van der Waals surface area contributed by atoms with Gasteiger partial charge in [-0.25, -0.2) is 14.8 Å². The van der Waals surface area contributed by atoms with E-state index >= 15 is 0 Å². The third-order valence-electron chi connectivity index (χ3n) is 3.01. The summed E-state index contributed by atoms with van der Waals surface area (Å²) in [5, 5.41) is 11.8. The predicted octanol–water partition coefficient (Wildman–Crippen LogP) is 1.63. The second-order valence-corrected chi connectivity index (χ2v) is 4.14. The zero-order valence-electron chi connectivity index (χ0n) is 9.18. The van der Waals surface area contributed by atoms with Gasteiger partial charge in [0.25, 0.3) is 0 Å². The van der Waals surface area contributed by atoms with Crippen LogP contribution in [0.1, 0.15) is 30.3 Å². The van der Waals surface area contributed by atoms with Crippen LogP contribution in [-0.2, 0) is 0 Å². The number of hydrogen-bond acceptors (Lipinski definition) is 4. The molecule has 0 amide bonds. The van der Waals surface area contributed by atoms with Crippen LogP contribution in [0, 0.1) is 11.8 Å². The Hall–Kier alpha value is -1.65. The van der Waals surface area contributed by atoms with E-state index < -0.39 is 5.97 Å². The van der Waals surface area contributed by atoms with E-state index in [0.717, 1.165) is 18.4 Å². The van der Waals surface area contributed by atoms with E-state index in [1.807, 2.05) is 0 Å². The summed E-state index contributed by atoms with van der Waals surface area (Å²) in [6.07, 6.45) is 5.25. The molecule has 1 heterocycles. The lowest BCUT2D eigenvalue weighted by Crippen LogP contribution is -2.08. The number of carboxylic acid groups (broad SMARTS) is 1. The van der Waals surface area contributed by atoms with Gasteiger partial charge in [0.15, 0.2) is 5.69 Å². The van der Waals surface area contributed by atoms with Crippen molar-refractivity contribution < 1.29 is 9.90 Å². The predicted molar refractivity (Wildman–Crippen MR) is 59.4 cm³/mol. The Morgan fingerprint density at radius 1 is 1.50 bits per heavy atom. The zero-order chi connectivity index (χ0) is 11.5. The molecule has 0 spiro atoms. The van der Waals surface area contributed by atoms with Crippen LogP contribution in [0.25, 0.3) is 0 Å². The monoisotopic (exact) mass is 221 g/mol. The highest BCUT2D eigenvalue weighted by Crippen LogP contribution is 2.40. The van der Waals surface area contributed by atoms with Gasteiger partial charge < -0.3 is 10.4 Å². The molecule has 0 saturated heterocycles. The maximum Gasteiger partial charge on any atom is 0.356 e. The van der Waals surface area contributed by atoms with E-state index in [1.165, 1.54) is 25.2 Å². The number of aromatic nitrogens is 2. The molecule has 5 heteroatoms. The number of hydrogen-bond donors (Lipinski definition) is 2. The topological polar surface area (TPSA) is 75.1 Å². The normalized spacial score (nSPS) is 22.8. The van der Waals surface area contributed by atoms with Crippen LogP contribution in [0.4, 0.5) is 5.82 Å². The molecule has 0 aliphatic heterocycles. The van der Waals surface area contributed by atoms with Crippen LogP contribution in [-0.4, -0.2) is 27.6 Å². The molecule has 1 fully saturated rings. The fraction of sp³-hybridized carbons (Fsp3) is 0.545. The molecule has 16 heavy (non-hydrogen) atoms. The molecule has 0 bridgehead atoms. The molecule has 1 aliphatic rings. The number of anilines is 1. The number of carbonyl (C=O) groups is 1. The van der Waals surface area contributed by atoms with E-state index in [1.54, 1.807) is 0 Å². The summed E-state index contributed by atoms with van der Waals surface area (Å²) in [7, 11) is 0. The minimum absolute atomic E-state index is 0.0246. The van der Waals surface area contributed by atoms with Crippen LogP contribution in [0.15, 0.2) is 12.4 Å². The SMILES string of the molecule is CC[C@@H]1C[C@H]1CNc1cnc(C(=O)O)cn1. The van der Waals surface area contributed by atoms with E-state index in [4.69, 9.17) is 5.11 Å². The van der Waals surface area contributed by atoms with Gasteiger partial charge in [-0.05, 0) is 18.3 Å². The lowest BCUT2D eigenvalue weighted by molar-refractivity contribution is 0.0690. The molecule has 0 radical (unpaired) electrons. The molecule has 2 atom stereocenters. The van der Waals surface area contributed by atoms with Gasteiger partial charge in [-0.2, -0.15) is 0 Å². The largest absolute Gasteiger partial charge is 0.476 e. The first-order valence-electron chi connectivity index (χ1n) is 5.50. The first-order valence-corrected chi connectivity index (χ1v) is 5.50. The van der Waals surface area contributed by atoms with Crippen molar-refractivity contribution in [2.75, 3.05) is 11.9 Å². The molecule has 1 aliphatic carbocycles. The van der Waals surface area contributed by atoms with Gasteiger partial charge in [-0.3, -0.25) is 0 Å². The van der Waals surface area contributed by atoms with Crippen molar-refractivity contribution in [1.29, 1.82) is 0 Å². The highest BCUT2D eigenvalue weighted by molar-refractivity contribution is 5.84. The summed E-state index contributed by atoms with van der Waals surface area (Å²) >= 11 is 0. The van der Waals surface area contributed by atoms with Crippen molar-refractivity contribution in [3.63, 3.8) is 0 Å². The van der Waals surface area contributed by atoms with Crippen LogP contribution in [0.3, 0.4) is 0 Å². The lowest BCUT2D eigenvalue weighted by Gasteiger charge is -2.04. The Labute approximate surface area is 93.9 Å². The average molecular weight is 221 g/mol. The van der Waals surface area contributed by atoms with Gasteiger partial charge in [0, 0.05) is 6.54 Å². The van der Waals surface area contributed by atoms with Gasteiger partial charge >= 0.3 is 5.97 Å². The Kier molecular flexibility index (Phi) is 3.03. The molecule has 5 nitrogen and oxygen atoms in total. The second-order valence-electron chi connectivity index (χ2n) is 4.14. The standard InChI is InChI=1S/C11H15N3O2/c1-2-7-3-8(7)4-13-10-6-12-9(5-14-10)11(15)16/h5-8H,2-4H2,1H3,(H,13,14)(H,15,16)/t7-,8+/m1/s1. The van der Waals surface area contributed by atoms with Crippen molar-refractivity contribution in [2.45, 2.75) is 19.8 Å². The Morgan fingerprint density at radius 2 is 2.31 bits per heavy atom. The van der Waals surface area contributed by atoms with Crippen molar-refractivity contribution in [1.82, 2.24) is 9.97 Å². The highest BCUT2D eigenvalue weighted by Gasteiger charge is 2.34. The van der Waals surface area contributed by atoms with E-state index in [-0.39, 0.29) is 5.69 Å². The molecule has 1 aromatic heterocycles. The van der Waals surface area contributed by atoms with E-state index in [2.05, 4.69) is 22.2 Å². The Balaban J connectivity index is 1.84. The van der Waals surface area contributed by atoms with Crippen molar-refractivity contribution in [3.8, 4) is 0 Å². The zero-order valence-corrected chi connectivity index (χ0v) is 9.18. The molecular weight excluding hydrogens is 206 g/mol. The number of rotatable bonds is 5. The molecule has 0 unspecified atom stereocenters. The maximum absolute atomic E-state index is 10.5.